The second-order valence-electron chi connectivity index (χ2n) is 7.84. The van der Waals surface area contributed by atoms with Crippen LogP contribution < -0.4 is 16.0 Å². The monoisotopic (exact) mass is 478 g/mol. The molecule has 0 aliphatic heterocycles. The van der Waals surface area contributed by atoms with Gasteiger partial charge in [-0.1, -0.05) is 17.4 Å². The number of carbonyl (C=O) groups excluding carboxylic acids is 1. The van der Waals surface area contributed by atoms with Crippen molar-refractivity contribution in [3.05, 3.63) is 83.3 Å². The fourth-order valence-electron chi connectivity index (χ4n) is 3.26. The first kappa shape index (κ1) is 21.9. The molecule has 172 valence electrons. The molecule has 3 N–H and O–H groups in total. The van der Waals surface area contributed by atoms with Gasteiger partial charge >= 0.3 is 0 Å². The first-order valence-corrected chi connectivity index (χ1v) is 11.5. The topological polar surface area (TPSA) is 91.8 Å². The van der Waals surface area contributed by atoms with Crippen molar-refractivity contribution in [2.45, 2.75) is 25.4 Å². The van der Waals surface area contributed by atoms with Crippen LogP contribution in [-0.4, -0.2) is 26.9 Å². The van der Waals surface area contributed by atoms with E-state index in [1.54, 1.807) is 24.8 Å². The number of rotatable bonds is 8. The van der Waals surface area contributed by atoms with E-state index in [4.69, 9.17) is 0 Å². The molecule has 1 aromatic carbocycles. The molecule has 3 heterocycles. The van der Waals surface area contributed by atoms with E-state index in [1.165, 1.54) is 17.4 Å². The van der Waals surface area contributed by atoms with Crippen LogP contribution in [0.3, 0.4) is 0 Å². The standard InChI is InChI=1S/C24H20F2N6OS/c25-19-9-20(26)21(8-18(19)23(33)31-16-4-5-16)28-12-17-13-30-24(34-17)32-22-6-3-15(11-29-22)14-2-1-7-27-10-14/h1-3,6-11,13,16,28H,4-5,12H2,(H,31,33)(H,29,30,32). The summed E-state index contributed by atoms with van der Waals surface area (Å²) in [5, 5.41) is 9.41. The van der Waals surface area contributed by atoms with E-state index in [0.717, 1.165) is 34.9 Å². The van der Waals surface area contributed by atoms with Crippen molar-refractivity contribution in [3.8, 4) is 11.1 Å². The molecule has 10 heteroatoms. The summed E-state index contributed by atoms with van der Waals surface area (Å²) in [5.74, 6) is -1.54. The summed E-state index contributed by atoms with van der Waals surface area (Å²) in [5.41, 5.74) is 1.81. The first-order valence-electron chi connectivity index (χ1n) is 10.7. The van der Waals surface area contributed by atoms with Gasteiger partial charge < -0.3 is 16.0 Å². The zero-order valence-corrected chi connectivity index (χ0v) is 18.7. The lowest BCUT2D eigenvalue weighted by Gasteiger charge is -2.10. The average molecular weight is 479 g/mol. The van der Waals surface area contributed by atoms with Gasteiger partial charge in [-0.05, 0) is 37.1 Å². The van der Waals surface area contributed by atoms with E-state index in [1.807, 2.05) is 24.3 Å². The Morgan fingerprint density at radius 2 is 1.88 bits per heavy atom. The number of benzene rings is 1. The third-order valence-corrected chi connectivity index (χ3v) is 6.13. The molecule has 7 nitrogen and oxygen atoms in total. The number of amides is 1. The number of halogens is 2. The van der Waals surface area contributed by atoms with Crippen LogP contribution >= 0.6 is 11.3 Å². The lowest BCUT2D eigenvalue weighted by molar-refractivity contribution is 0.0947. The van der Waals surface area contributed by atoms with Gasteiger partial charge in [0.05, 0.1) is 17.8 Å². The summed E-state index contributed by atoms with van der Waals surface area (Å²) in [6, 6.07) is 9.64. The fourth-order valence-corrected chi connectivity index (χ4v) is 4.02. The Labute approximate surface area is 198 Å². The zero-order chi connectivity index (χ0) is 23.5. The second kappa shape index (κ2) is 9.52. The number of thiazole rings is 1. The quantitative estimate of drug-likeness (QED) is 0.325. The van der Waals surface area contributed by atoms with Crippen molar-refractivity contribution in [3.63, 3.8) is 0 Å². The van der Waals surface area contributed by atoms with Crippen LogP contribution in [0.4, 0.5) is 25.4 Å². The molecular formula is C24H20F2N6OS. The number of hydrogen-bond donors (Lipinski definition) is 3. The van der Waals surface area contributed by atoms with Gasteiger partial charge in [0.25, 0.3) is 5.91 Å². The number of anilines is 3. The SMILES string of the molecule is O=C(NC1CC1)c1cc(NCc2cnc(Nc3ccc(-c4cccnc4)cn3)s2)c(F)cc1F. The summed E-state index contributed by atoms with van der Waals surface area (Å²) < 4.78 is 28.3. The van der Waals surface area contributed by atoms with Crippen molar-refractivity contribution >= 4 is 33.9 Å². The molecule has 0 spiro atoms. The smallest absolute Gasteiger partial charge is 0.254 e. The molecule has 0 bridgehead atoms. The minimum absolute atomic E-state index is 0.0536. The third kappa shape index (κ3) is 5.18. The van der Waals surface area contributed by atoms with Gasteiger partial charge in [-0.25, -0.2) is 18.7 Å². The highest BCUT2D eigenvalue weighted by atomic mass is 32.1. The summed E-state index contributed by atoms with van der Waals surface area (Å²) in [6.07, 6.45) is 8.67. The van der Waals surface area contributed by atoms with Crippen molar-refractivity contribution in [1.82, 2.24) is 20.3 Å². The second-order valence-corrected chi connectivity index (χ2v) is 8.96. The molecule has 0 radical (unpaired) electrons. The third-order valence-electron chi connectivity index (χ3n) is 5.21. The van der Waals surface area contributed by atoms with Gasteiger partial charge in [0.2, 0.25) is 0 Å². The lowest BCUT2D eigenvalue weighted by atomic mass is 10.1. The molecule has 5 rings (SSSR count). The van der Waals surface area contributed by atoms with Crippen molar-refractivity contribution in [2.24, 2.45) is 0 Å². The Morgan fingerprint density at radius 3 is 2.62 bits per heavy atom. The maximum absolute atomic E-state index is 14.2. The highest BCUT2D eigenvalue weighted by Gasteiger charge is 2.25. The van der Waals surface area contributed by atoms with Crippen LogP contribution in [0.25, 0.3) is 11.1 Å². The molecule has 1 amide bonds. The lowest BCUT2D eigenvalue weighted by Crippen LogP contribution is -2.26. The maximum Gasteiger partial charge on any atom is 0.254 e. The van der Waals surface area contributed by atoms with Gasteiger partial charge in [-0.3, -0.25) is 9.78 Å². The van der Waals surface area contributed by atoms with Gasteiger partial charge in [0.1, 0.15) is 17.5 Å². The number of hydrogen-bond acceptors (Lipinski definition) is 7. The minimum atomic E-state index is -0.882. The molecule has 0 unspecified atom stereocenters. The van der Waals surface area contributed by atoms with E-state index in [9.17, 15) is 13.6 Å². The van der Waals surface area contributed by atoms with Crippen LogP contribution in [0.1, 0.15) is 28.1 Å². The van der Waals surface area contributed by atoms with Gasteiger partial charge in [-0.15, -0.1) is 0 Å². The van der Waals surface area contributed by atoms with Crippen LogP contribution in [0.2, 0.25) is 0 Å². The van der Waals surface area contributed by atoms with Crippen molar-refractivity contribution in [2.75, 3.05) is 10.6 Å². The van der Waals surface area contributed by atoms with Crippen LogP contribution in [0, 0.1) is 11.6 Å². The normalized spacial score (nSPS) is 12.9. The predicted octanol–water partition coefficient (Wildman–Crippen LogP) is 5.13. The van der Waals surface area contributed by atoms with Crippen LogP contribution in [0.15, 0.2) is 61.2 Å². The Hall–Kier alpha value is -3.92. The van der Waals surface area contributed by atoms with Crippen LogP contribution in [0.5, 0.6) is 0 Å². The fraction of sp³-hybridized carbons (Fsp3) is 0.167. The molecule has 0 saturated heterocycles. The molecule has 3 aromatic heterocycles. The molecule has 34 heavy (non-hydrogen) atoms. The van der Waals surface area contributed by atoms with E-state index < -0.39 is 17.5 Å². The molecular weight excluding hydrogens is 458 g/mol. The molecule has 1 fully saturated rings. The van der Waals surface area contributed by atoms with Crippen molar-refractivity contribution in [1.29, 1.82) is 0 Å². The molecule has 1 aliphatic rings. The summed E-state index contributed by atoms with van der Waals surface area (Å²) in [7, 11) is 0. The predicted molar refractivity (Wildman–Crippen MR) is 127 cm³/mol. The Morgan fingerprint density at radius 1 is 1.03 bits per heavy atom. The van der Waals surface area contributed by atoms with Gasteiger partial charge in [-0.2, -0.15) is 0 Å². The van der Waals surface area contributed by atoms with Crippen molar-refractivity contribution < 1.29 is 13.6 Å². The average Bonchev–Trinajstić information content (AvgIpc) is 3.55. The maximum atomic E-state index is 14.2. The Balaban J connectivity index is 1.21. The zero-order valence-electron chi connectivity index (χ0n) is 17.9. The summed E-state index contributed by atoms with van der Waals surface area (Å²) in [4.78, 5) is 25.9. The highest BCUT2D eigenvalue weighted by Crippen LogP contribution is 2.26. The van der Waals surface area contributed by atoms with E-state index >= 15 is 0 Å². The largest absolute Gasteiger partial charge is 0.378 e. The highest BCUT2D eigenvalue weighted by molar-refractivity contribution is 7.15. The molecule has 1 aliphatic carbocycles. The first-order chi connectivity index (χ1) is 16.5. The van der Waals surface area contributed by atoms with Gasteiger partial charge in [0, 0.05) is 52.9 Å². The van der Waals surface area contributed by atoms with Crippen LogP contribution in [-0.2, 0) is 6.54 Å². The number of pyridine rings is 2. The minimum Gasteiger partial charge on any atom is -0.378 e. The van der Waals surface area contributed by atoms with E-state index in [0.29, 0.717) is 10.9 Å². The summed E-state index contributed by atoms with van der Waals surface area (Å²) >= 11 is 1.37. The number of carbonyl (C=O) groups is 1. The number of nitrogens with zero attached hydrogens (tertiary/aromatic N) is 3. The van der Waals surface area contributed by atoms with E-state index in [2.05, 4.69) is 30.9 Å². The number of nitrogens with one attached hydrogen (secondary N) is 3. The van der Waals surface area contributed by atoms with Gasteiger partial charge in [0.15, 0.2) is 5.13 Å². The Kier molecular flexibility index (Phi) is 6.13. The molecule has 0 atom stereocenters. The Bertz CT molecular complexity index is 1310. The summed E-state index contributed by atoms with van der Waals surface area (Å²) in [6.45, 7) is 0.263. The van der Waals surface area contributed by atoms with E-state index in [-0.39, 0.29) is 23.8 Å². The molecule has 4 aromatic rings. The number of aromatic nitrogens is 3. The molecule has 1 saturated carbocycles.